The molecular weight excluding hydrogens is 254 g/mol. The van der Waals surface area contributed by atoms with Crippen LogP contribution in [0.4, 0.5) is 5.69 Å². The Hall–Kier alpha value is -1.63. The van der Waals surface area contributed by atoms with Gasteiger partial charge in [0.05, 0.1) is 5.69 Å². The van der Waals surface area contributed by atoms with E-state index in [0.29, 0.717) is 0 Å². The van der Waals surface area contributed by atoms with Crippen LogP contribution in [0.1, 0.15) is 53.9 Å². The van der Waals surface area contributed by atoms with Crippen LogP contribution >= 0.6 is 0 Å². The lowest BCUT2D eigenvalue weighted by molar-refractivity contribution is 0.543. The molecule has 0 saturated carbocycles. The van der Waals surface area contributed by atoms with E-state index in [1.807, 2.05) is 30.3 Å². The number of aliphatic imine (C=N–C) groups is 1. The van der Waals surface area contributed by atoms with E-state index in [0.717, 1.165) is 24.9 Å². The van der Waals surface area contributed by atoms with E-state index in [2.05, 4.69) is 58.0 Å². The highest BCUT2D eigenvalue weighted by molar-refractivity contribution is 5.69. The Bertz CT molecular complexity index is 500. The second kappa shape index (κ2) is 8.61. The first-order chi connectivity index (χ1) is 9.89. The molecule has 0 radical (unpaired) electrons. The maximum atomic E-state index is 4.58. The zero-order valence-electron chi connectivity index (χ0n) is 14.2. The molecular formula is C20H29N. The Morgan fingerprint density at radius 2 is 1.71 bits per heavy atom. The van der Waals surface area contributed by atoms with E-state index in [-0.39, 0.29) is 5.41 Å². The van der Waals surface area contributed by atoms with Crippen molar-refractivity contribution in [3.05, 3.63) is 53.6 Å². The first kappa shape index (κ1) is 17.4. The molecule has 0 aliphatic carbocycles. The third-order valence-electron chi connectivity index (χ3n) is 3.39. The highest BCUT2D eigenvalue weighted by Crippen LogP contribution is 2.22. The number of para-hydroxylation sites is 1. The van der Waals surface area contributed by atoms with Crippen LogP contribution < -0.4 is 0 Å². The van der Waals surface area contributed by atoms with Crippen LogP contribution in [-0.4, -0.2) is 6.21 Å². The molecule has 0 fully saturated rings. The molecule has 0 aliphatic rings. The molecule has 0 aliphatic heterocycles. The van der Waals surface area contributed by atoms with E-state index in [1.165, 1.54) is 11.1 Å². The van der Waals surface area contributed by atoms with Crippen molar-refractivity contribution in [2.45, 2.75) is 53.9 Å². The van der Waals surface area contributed by atoms with Crippen LogP contribution in [0.3, 0.4) is 0 Å². The molecule has 0 amide bonds. The average Bonchev–Trinajstić information content (AvgIpc) is 2.44. The summed E-state index contributed by atoms with van der Waals surface area (Å²) in [7, 11) is 0. The molecule has 0 bridgehead atoms. The third-order valence-corrected chi connectivity index (χ3v) is 3.39. The fraction of sp³-hybridized carbons (Fsp3) is 0.450. The molecule has 0 unspecified atom stereocenters. The number of hydrogen-bond acceptors (Lipinski definition) is 1. The Morgan fingerprint density at radius 1 is 1.05 bits per heavy atom. The van der Waals surface area contributed by atoms with Crippen molar-refractivity contribution in [3.63, 3.8) is 0 Å². The first-order valence-electron chi connectivity index (χ1n) is 7.78. The van der Waals surface area contributed by atoms with Gasteiger partial charge >= 0.3 is 0 Å². The topological polar surface area (TPSA) is 12.4 Å². The summed E-state index contributed by atoms with van der Waals surface area (Å²) < 4.78 is 0. The normalized spacial score (nSPS) is 12.7. The van der Waals surface area contributed by atoms with Crippen molar-refractivity contribution in [1.82, 2.24) is 0 Å². The quantitative estimate of drug-likeness (QED) is 0.400. The first-order valence-corrected chi connectivity index (χ1v) is 7.78. The maximum absolute atomic E-state index is 4.58. The highest BCUT2D eigenvalue weighted by atomic mass is 14.7. The van der Waals surface area contributed by atoms with Gasteiger partial charge in [0.25, 0.3) is 0 Å². The lowest BCUT2D eigenvalue weighted by Crippen LogP contribution is -2.11. The summed E-state index contributed by atoms with van der Waals surface area (Å²) in [6, 6.07) is 10.1. The smallest absolute Gasteiger partial charge is 0.0625 e. The van der Waals surface area contributed by atoms with Crippen molar-refractivity contribution < 1.29 is 0 Å². The molecule has 114 valence electrons. The molecule has 1 aromatic carbocycles. The summed E-state index contributed by atoms with van der Waals surface area (Å²) in [5.74, 6) is 0. The molecule has 1 nitrogen and oxygen atoms in total. The molecule has 0 saturated heterocycles. The standard InChI is InChI=1S/C20H29N/c1-17(2)10-9-11-18(3)14-15-20(4,5)16-21-19-12-7-6-8-13-19/h6-8,10,12-14,16H,9,11,15H2,1-5H3/b18-14+,21-16?. The zero-order valence-corrected chi connectivity index (χ0v) is 14.2. The molecule has 0 aromatic heterocycles. The van der Waals surface area contributed by atoms with Gasteiger partial charge in [0, 0.05) is 11.6 Å². The number of rotatable bonds is 7. The Kier molecular flexibility index (Phi) is 7.14. The summed E-state index contributed by atoms with van der Waals surface area (Å²) in [5.41, 5.74) is 3.98. The van der Waals surface area contributed by atoms with Crippen molar-refractivity contribution in [2.24, 2.45) is 10.4 Å². The molecule has 0 atom stereocenters. The van der Waals surface area contributed by atoms with Gasteiger partial charge in [0.2, 0.25) is 0 Å². The minimum absolute atomic E-state index is 0.0909. The van der Waals surface area contributed by atoms with Gasteiger partial charge in [-0.3, -0.25) is 4.99 Å². The molecule has 0 heterocycles. The molecule has 1 aromatic rings. The van der Waals surface area contributed by atoms with Crippen LogP contribution in [0.15, 0.2) is 58.6 Å². The minimum atomic E-state index is 0.0909. The number of hydrogen-bond donors (Lipinski definition) is 0. The fourth-order valence-corrected chi connectivity index (χ4v) is 1.94. The van der Waals surface area contributed by atoms with Crippen molar-refractivity contribution in [3.8, 4) is 0 Å². The van der Waals surface area contributed by atoms with Crippen molar-refractivity contribution >= 4 is 11.9 Å². The van der Waals surface area contributed by atoms with E-state index < -0.39 is 0 Å². The second-order valence-corrected chi connectivity index (χ2v) is 6.66. The largest absolute Gasteiger partial charge is 0.261 e. The zero-order chi connectivity index (χ0) is 15.7. The summed E-state index contributed by atoms with van der Waals surface area (Å²) in [4.78, 5) is 4.58. The highest BCUT2D eigenvalue weighted by Gasteiger charge is 2.13. The van der Waals surface area contributed by atoms with Gasteiger partial charge in [-0.15, -0.1) is 0 Å². The van der Waals surface area contributed by atoms with Crippen LogP contribution in [0.25, 0.3) is 0 Å². The monoisotopic (exact) mass is 283 g/mol. The van der Waals surface area contributed by atoms with Crippen LogP contribution in [0.2, 0.25) is 0 Å². The molecule has 0 spiro atoms. The van der Waals surface area contributed by atoms with Crippen molar-refractivity contribution in [2.75, 3.05) is 0 Å². The van der Waals surface area contributed by atoms with Gasteiger partial charge in [0.15, 0.2) is 0 Å². The molecule has 1 rings (SSSR count). The van der Waals surface area contributed by atoms with Gasteiger partial charge in [-0.05, 0) is 52.2 Å². The van der Waals surface area contributed by atoms with E-state index >= 15 is 0 Å². The summed E-state index contributed by atoms with van der Waals surface area (Å²) in [6.07, 6.45) is 10.1. The average molecular weight is 283 g/mol. The van der Waals surface area contributed by atoms with Crippen LogP contribution in [-0.2, 0) is 0 Å². The lowest BCUT2D eigenvalue weighted by atomic mass is 9.89. The number of allylic oxidation sites excluding steroid dienone is 4. The Labute approximate surface area is 130 Å². The molecule has 1 heteroatoms. The summed E-state index contributed by atoms with van der Waals surface area (Å²) in [5, 5.41) is 0. The van der Waals surface area contributed by atoms with Gasteiger partial charge in [-0.1, -0.05) is 55.3 Å². The van der Waals surface area contributed by atoms with Gasteiger partial charge < -0.3 is 0 Å². The Morgan fingerprint density at radius 3 is 2.33 bits per heavy atom. The predicted octanol–water partition coefficient (Wildman–Crippen LogP) is 6.50. The van der Waals surface area contributed by atoms with Gasteiger partial charge in [0.1, 0.15) is 0 Å². The van der Waals surface area contributed by atoms with Crippen molar-refractivity contribution in [1.29, 1.82) is 0 Å². The minimum Gasteiger partial charge on any atom is -0.261 e. The third kappa shape index (κ3) is 8.29. The number of benzene rings is 1. The van der Waals surface area contributed by atoms with E-state index in [4.69, 9.17) is 0 Å². The number of nitrogens with zero attached hydrogens (tertiary/aromatic N) is 1. The maximum Gasteiger partial charge on any atom is 0.0625 e. The van der Waals surface area contributed by atoms with Crippen LogP contribution in [0.5, 0.6) is 0 Å². The lowest BCUT2D eigenvalue weighted by Gasteiger charge is -2.17. The second-order valence-electron chi connectivity index (χ2n) is 6.66. The molecule has 21 heavy (non-hydrogen) atoms. The Balaban J connectivity index is 2.51. The van der Waals surface area contributed by atoms with Crippen LogP contribution in [0, 0.1) is 5.41 Å². The summed E-state index contributed by atoms with van der Waals surface area (Å²) >= 11 is 0. The van der Waals surface area contributed by atoms with E-state index in [1.54, 1.807) is 0 Å². The SMILES string of the molecule is CC(C)=CCC/C(C)=C/CC(C)(C)C=Nc1ccccc1. The van der Waals surface area contributed by atoms with E-state index in [9.17, 15) is 0 Å². The summed E-state index contributed by atoms with van der Waals surface area (Å²) in [6.45, 7) is 11.0. The van der Waals surface area contributed by atoms with Gasteiger partial charge in [-0.2, -0.15) is 0 Å². The predicted molar refractivity (Wildman–Crippen MR) is 95.4 cm³/mol. The molecule has 0 N–H and O–H groups in total. The van der Waals surface area contributed by atoms with Gasteiger partial charge in [-0.25, -0.2) is 0 Å². The fourth-order valence-electron chi connectivity index (χ4n) is 1.94.